The highest BCUT2D eigenvalue weighted by Gasteiger charge is 2.38. The molecular weight excluding hydrogens is 799 g/mol. The number of carbonyl (C=O) groups is 3. The molecule has 2 aliphatic rings. The molecule has 0 saturated heterocycles. The predicted molar refractivity (Wildman–Crippen MR) is 229 cm³/mol. The van der Waals surface area contributed by atoms with Crippen molar-refractivity contribution in [3.63, 3.8) is 0 Å². The Bertz CT molecular complexity index is 2600. The van der Waals surface area contributed by atoms with Crippen LogP contribution in [0.2, 0.25) is 10.0 Å². The van der Waals surface area contributed by atoms with Crippen LogP contribution in [0.4, 0.5) is 5.69 Å². The zero-order chi connectivity index (χ0) is 41.8. The number of carboxylic acid groups (broad SMARTS) is 1. The molecule has 0 aromatic heterocycles. The number of hydrogen-bond donors (Lipinski definition) is 3. The third kappa shape index (κ3) is 8.93. The topological polar surface area (TPSA) is 141 Å². The zero-order valence-electron chi connectivity index (χ0n) is 32.1. The number of anilines is 1. The summed E-state index contributed by atoms with van der Waals surface area (Å²) in [6.45, 7) is 0.939. The molecule has 0 saturated carbocycles. The lowest BCUT2D eigenvalue weighted by Crippen LogP contribution is -2.56. The Morgan fingerprint density at radius 3 is 2.23 bits per heavy atom. The average molecular weight is 838 g/mol. The average Bonchev–Trinajstić information content (AvgIpc) is 3.28. The molecule has 6 aromatic carbocycles. The second-order valence-electron chi connectivity index (χ2n) is 14.7. The van der Waals surface area contributed by atoms with Crippen molar-refractivity contribution in [2.75, 3.05) is 11.9 Å². The molecule has 1 unspecified atom stereocenters. The van der Waals surface area contributed by atoms with Crippen molar-refractivity contribution in [2.45, 2.75) is 44.2 Å². The van der Waals surface area contributed by atoms with Gasteiger partial charge in [0.15, 0.2) is 0 Å². The fourth-order valence-electron chi connectivity index (χ4n) is 7.48. The Morgan fingerprint density at radius 1 is 0.850 bits per heavy atom. The molecule has 0 aliphatic carbocycles. The number of carbonyl (C=O) groups excluding carboxylic acids is 2. The number of nitrogens with zero attached hydrogens (tertiary/aromatic N) is 2. The third-order valence-corrected chi connectivity index (χ3v) is 11.5. The van der Waals surface area contributed by atoms with Crippen LogP contribution >= 0.6 is 23.2 Å². The van der Waals surface area contributed by atoms with E-state index in [1.165, 1.54) is 4.90 Å². The summed E-state index contributed by atoms with van der Waals surface area (Å²) in [6, 6.07) is 40.2. The van der Waals surface area contributed by atoms with Gasteiger partial charge in [-0.15, -0.1) is 0 Å². The molecule has 12 heteroatoms. The maximum Gasteiger partial charge on any atom is 0.326 e. The fourth-order valence-corrected chi connectivity index (χ4v) is 7.80. The number of nitriles is 1. The molecule has 10 nitrogen and oxygen atoms in total. The Balaban J connectivity index is 0.974. The van der Waals surface area contributed by atoms with E-state index < -0.39 is 24.0 Å². The molecule has 60 heavy (non-hydrogen) atoms. The summed E-state index contributed by atoms with van der Waals surface area (Å²) in [5.41, 5.74) is 7.80. The number of nitrogens with one attached hydrogen (secondary N) is 2. The number of amides is 2. The van der Waals surface area contributed by atoms with Gasteiger partial charge in [-0.3, -0.25) is 9.59 Å². The molecule has 300 valence electrons. The van der Waals surface area contributed by atoms with Crippen molar-refractivity contribution in [1.29, 1.82) is 5.26 Å². The van der Waals surface area contributed by atoms with Crippen LogP contribution in [0.1, 0.15) is 49.8 Å². The summed E-state index contributed by atoms with van der Waals surface area (Å²) >= 11 is 12.2. The third-order valence-electron chi connectivity index (χ3n) is 10.8. The first-order valence-corrected chi connectivity index (χ1v) is 20.1. The van der Waals surface area contributed by atoms with E-state index in [0.717, 1.165) is 39.1 Å². The normalized spacial score (nSPS) is 15.8. The zero-order valence-corrected chi connectivity index (χ0v) is 33.6. The van der Waals surface area contributed by atoms with Gasteiger partial charge >= 0.3 is 5.97 Å². The van der Waals surface area contributed by atoms with Crippen LogP contribution in [0.5, 0.6) is 11.5 Å². The van der Waals surface area contributed by atoms with Gasteiger partial charge in [0.25, 0.3) is 5.91 Å². The maximum absolute atomic E-state index is 14.2. The Morgan fingerprint density at radius 2 is 1.55 bits per heavy atom. The highest BCUT2D eigenvalue weighted by molar-refractivity contribution is 6.42. The van der Waals surface area contributed by atoms with Gasteiger partial charge in [0, 0.05) is 24.9 Å². The van der Waals surface area contributed by atoms with Crippen molar-refractivity contribution >= 4 is 46.7 Å². The predicted octanol–water partition coefficient (Wildman–Crippen LogP) is 9.04. The minimum atomic E-state index is -1.24. The highest BCUT2D eigenvalue weighted by Crippen LogP contribution is 2.39. The minimum Gasteiger partial charge on any atom is -0.489 e. The largest absolute Gasteiger partial charge is 0.489 e. The number of halogens is 2. The van der Waals surface area contributed by atoms with Crippen molar-refractivity contribution < 1.29 is 29.0 Å². The van der Waals surface area contributed by atoms with Gasteiger partial charge in [0.1, 0.15) is 36.3 Å². The van der Waals surface area contributed by atoms with Crippen molar-refractivity contribution in [3.8, 4) is 28.7 Å². The van der Waals surface area contributed by atoms with Crippen LogP contribution in [-0.2, 0) is 35.6 Å². The standard InChI is InChI=1S/C48H38Cl2N4O6/c49-39-19-10-31(20-40(39)50)28-59-38-17-15-34(16-18-38)45-26-52-41-22-36-23-43(54(27-37(36)24-44(41)60-45)47(56)35-4-2-1-3-5-35)46(55)53-42(48(57)58)21-29-6-11-32(12-7-29)33-13-8-30(25-51)9-14-33/h1-20,22,24,42-43,45,52H,21,23,26-28H2,(H,53,55)(H,57,58)/t42-,43-,45?/m0/s1. The van der Waals surface area contributed by atoms with E-state index >= 15 is 0 Å². The number of rotatable bonds is 11. The lowest BCUT2D eigenvalue weighted by molar-refractivity contribution is -0.142. The Hall–Kier alpha value is -6.80. The first-order valence-electron chi connectivity index (χ1n) is 19.3. The highest BCUT2D eigenvalue weighted by atomic mass is 35.5. The number of benzene rings is 6. The van der Waals surface area contributed by atoms with Gasteiger partial charge in [-0.1, -0.05) is 96.0 Å². The molecule has 0 fully saturated rings. The van der Waals surface area contributed by atoms with Crippen molar-refractivity contribution in [3.05, 3.63) is 182 Å². The lowest BCUT2D eigenvalue weighted by Gasteiger charge is -2.38. The molecule has 0 bridgehead atoms. The molecule has 8 rings (SSSR count). The second-order valence-corrected chi connectivity index (χ2v) is 15.5. The maximum atomic E-state index is 14.2. The molecule has 2 amide bonds. The van der Waals surface area contributed by atoms with E-state index in [-0.39, 0.29) is 31.4 Å². The van der Waals surface area contributed by atoms with Gasteiger partial charge in [0.05, 0.1) is 33.9 Å². The first kappa shape index (κ1) is 40.0. The summed E-state index contributed by atoms with van der Waals surface area (Å²) in [5, 5.41) is 26.6. The van der Waals surface area contributed by atoms with Gasteiger partial charge in [0.2, 0.25) is 5.91 Å². The summed E-state index contributed by atoms with van der Waals surface area (Å²) in [7, 11) is 0. The van der Waals surface area contributed by atoms with Gasteiger partial charge < -0.3 is 30.1 Å². The van der Waals surface area contributed by atoms with Crippen LogP contribution in [-0.4, -0.2) is 46.4 Å². The van der Waals surface area contributed by atoms with Gasteiger partial charge in [-0.2, -0.15) is 5.26 Å². The molecule has 0 spiro atoms. The summed E-state index contributed by atoms with van der Waals surface area (Å²) < 4.78 is 12.5. The molecular formula is C48H38Cl2N4O6. The van der Waals surface area contributed by atoms with E-state index in [9.17, 15) is 19.5 Å². The number of ether oxygens (including phenoxy) is 2. The fraction of sp³-hybridized carbons (Fsp3) is 0.167. The van der Waals surface area contributed by atoms with Crippen LogP contribution in [0.3, 0.4) is 0 Å². The minimum absolute atomic E-state index is 0.0368. The smallest absolute Gasteiger partial charge is 0.326 e. The van der Waals surface area contributed by atoms with Crippen LogP contribution < -0.4 is 20.1 Å². The van der Waals surface area contributed by atoms with Crippen LogP contribution in [0.25, 0.3) is 11.1 Å². The lowest BCUT2D eigenvalue weighted by atomic mass is 9.91. The van der Waals surface area contributed by atoms with E-state index in [1.54, 1.807) is 48.5 Å². The van der Waals surface area contributed by atoms with E-state index in [1.807, 2.05) is 84.9 Å². The molecule has 3 N–H and O–H groups in total. The summed E-state index contributed by atoms with van der Waals surface area (Å²) in [6.07, 6.45) is -0.0910. The van der Waals surface area contributed by atoms with Gasteiger partial charge in [-0.25, -0.2) is 4.79 Å². The van der Waals surface area contributed by atoms with Crippen LogP contribution in [0.15, 0.2) is 133 Å². The quantitative estimate of drug-likeness (QED) is 0.118. The molecule has 2 heterocycles. The van der Waals surface area contributed by atoms with E-state index in [2.05, 4.69) is 16.7 Å². The molecule has 2 aliphatic heterocycles. The SMILES string of the molecule is N#Cc1ccc(-c2ccc(C[C@H](NC(=O)[C@@H]3Cc4cc5c(cc4CN3C(=O)c3ccccc3)OC(c3ccc(OCc4ccc(Cl)c(Cl)c4)cc3)CN5)C(=O)O)cc2)cc1. The number of carboxylic acids is 1. The monoisotopic (exact) mass is 836 g/mol. The van der Waals surface area contributed by atoms with Crippen LogP contribution in [0, 0.1) is 11.3 Å². The number of hydrogen-bond acceptors (Lipinski definition) is 7. The molecule has 6 aromatic rings. The summed E-state index contributed by atoms with van der Waals surface area (Å²) in [4.78, 5) is 42.3. The van der Waals surface area contributed by atoms with E-state index in [0.29, 0.717) is 51.4 Å². The summed E-state index contributed by atoms with van der Waals surface area (Å²) in [5.74, 6) is -0.779. The van der Waals surface area contributed by atoms with Gasteiger partial charge in [-0.05, 0) is 99.6 Å². The van der Waals surface area contributed by atoms with Crippen molar-refractivity contribution in [2.24, 2.45) is 0 Å². The van der Waals surface area contributed by atoms with Crippen molar-refractivity contribution in [1.82, 2.24) is 10.2 Å². The molecule has 0 radical (unpaired) electrons. The van der Waals surface area contributed by atoms with E-state index in [4.69, 9.17) is 37.9 Å². The Kier molecular flexibility index (Phi) is 11.7. The Labute approximate surface area is 356 Å². The second kappa shape index (κ2) is 17.6. The molecule has 3 atom stereocenters. The first-order chi connectivity index (χ1) is 29.1. The number of aliphatic carboxylic acids is 1. The number of fused-ring (bicyclic) bond motifs is 2.